The van der Waals surface area contributed by atoms with Gasteiger partial charge in [0.15, 0.2) is 5.82 Å². The highest BCUT2D eigenvalue weighted by Gasteiger charge is 2.11. The molecule has 0 aliphatic rings. The monoisotopic (exact) mass is 407 g/mol. The maximum absolute atomic E-state index is 13.6. The normalized spacial score (nSPS) is 11.0. The predicted octanol–water partition coefficient (Wildman–Crippen LogP) is 5.05. The summed E-state index contributed by atoms with van der Waals surface area (Å²) in [6.07, 6.45) is 13.3. The molecule has 0 fully saturated rings. The zero-order chi connectivity index (χ0) is 20.9. The van der Waals surface area contributed by atoms with E-state index in [4.69, 9.17) is 0 Å². The molecule has 0 spiro atoms. The van der Waals surface area contributed by atoms with Crippen molar-refractivity contribution in [3.63, 3.8) is 0 Å². The molecule has 0 bridgehead atoms. The zero-order valence-electron chi connectivity index (χ0n) is 17.2. The summed E-state index contributed by atoms with van der Waals surface area (Å²) >= 11 is 0. The Bertz CT molecular complexity index is 750. The smallest absolute Gasteiger partial charge is 0.248 e. The van der Waals surface area contributed by atoms with Gasteiger partial charge in [0, 0.05) is 12.5 Å². The number of nitrogens with one attached hydrogen (secondary N) is 1. The standard InChI is InChI=1S/C21H31F2N5O/c1-2-3-4-5-6-7-8-9-10-11-12-20-25-27-28(26-20)16-21(29)24-19-14-13-17(22)15-18(19)23/h13-15H,2-12,16H2,1H3,(H,24,29). The van der Waals surface area contributed by atoms with E-state index in [-0.39, 0.29) is 12.2 Å². The molecule has 2 rings (SSSR count). The van der Waals surface area contributed by atoms with Gasteiger partial charge in [-0.15, -0.1) is 10.2 Å². The van der Waals surface area contributed by atoms with Gasteiger partial charge in [0.25, 0.3) is 0 Å². The van der Waals surface area contributed by atoms with E-state index >= 15 is 0 Å². The molecule has 8 heteroatoms. The van der Waals surface area contributed by atoms with E-state index in [1.54, 1.807) is 0 Å². The van der Waals surface area contributed by atoms with Gasteiger partial charge in [0.05, 0.1) is 5.69 Å². The fraction of sp³-hybridized carbons (Fsp3) is 0.619. The van der Waals surface area contributed by atoms with Crippen LogP contribution in [-0.4, -0.2) is 26.1 Å². The summed E-state index contributed by atoms with van der Waals surface area (Å²) in [5.41, 5.74) is -0.0814. The van der Waals surface area contributed by atoms with E-state index in [0.29, 0.717) is 11.9 Å². The average molecular weight is 408 g/mol. The minimum atomic E-state index is -0.827. The summed E-state index contributed by atoms with van der Waals surface area (Å²) in [6.45, 7) is 2.05. The molecular weight excluding hydrogens is 376 g/mol. The van der Waals surface area contributed by atoms with Crippen LogP contribution in [0.15, 0.2) is 18.2 Å². The quantitative estimate of drug-likeness (QED) is 0.445. The largest absolute Gasteiger partial charge is 0.322 e. The molecule has 29 heavy (non-hydrogen) atoms. The van der Waals surface area contributed by atoms with Crippen LogP contribution in [0.3, 0.4) is 0 Å². The van der Waals surface area contributed by atoms with Crippen LogP contribution in [0.25, 0.3) is 0 Å². The molecule has 0 atom stereocenters. The van der Waals surface area contributed by atoms with Gasteiger partial charge in [0.1, 0.15) is 18.2 Å². The molecule has 1 aromatic heterocycles. The number of benzene rings is 1. The number of amides is 1. The van der Waals surface area contributed by atoms with Crippen molar-refractivity contribution in [1.29, 1.82) is 0 Å². The third-order valence-electron chi connectivity index (χ3n) is 4.74. The molecule has 1 heterocycles. The lowest BCUT2D eigenvalue weighted by Crippen LogP contribution is -2.21. The third-order valence-corrected chi connectivity index (χ3v) is 4.74. The first-order valence-electron chi connectivity index (χ1n) is 10.6. The Kier molecular flexibility index (Phi) is 10.2. The Hall–Kier alpha value is -2.38. The molecule has 1 N–H and O–H groups in total. The topological polar surface area (TPSA) is 72.7 Å². The summed E-state index contributed by atoms with van der Waals surface area (Å²) in [6, 6.07) is 2.97. The van der Waals surface area contributed by atoms with E-state index in [1.807, 2.05) is 0 Å². The molecule has 0 saturated carbocycles. The molecule has 1 aromatic carbocycles. The third kappa shape index (κ3) is 9.11. The molecule has 0 aliphatic carbocycles. The fourth-order valence-corrected chi connectivity index (χ4v) is 3.12. The first-order chi connectivity index (χ1) is 14.1. The second kappa shape index (κ2) is 13.0. The summed E-state index contributed by atoms with van der Waals surface area (Å²) in [7, 11) is 0. The lowest BCUT2D eigenvalue weighted by Gasteiger charge is -2.05. The van der Waals surface area contributed by atoms with Crippen molar-refractivity contribution in [1.82, 2.24) is 20.2 Å². The molecule has 1 amide bonds. The SMILES string of the molecule is CCCCCCCCCCCCc1nnn(CC(=O)Nc2ccc(F)cc2F)n1. The summed E-state index contributed by atoms with van der Waals surface area (Å²) in [4.78, 5) is 13.2. The van der Waals surface area contributed by atoms with Crippen LogP contribution in [0.4, 0.5) is 14.5 Å². The first kappa shape index (κ1) is 22.9. The molecular formula is C21H31F2N5O. The number of anilines is 1. The Morgan fingerprint density at radius 1 is 1.00 bits per heavy atom. The number of nitrogens with zero attached hydrogens (tertiary/aromatic N) is 4. The van der Waals surface area contributed by atoms with Gasteiger partial charge < -0.3 is 5.32 Å². The van der Waals surface area contributed by atoms with Crippen LogP contribution in [0.2, 0.25) is 0 Å². The molecule has 0 unspecified atom stereocenters. The van der Waals surface area contributed by atoms with Crippen molar-refractivity contribution in [2.24, 2.45) is 0 Å². The Balaban J connectivity index is 1.59. The van der Waals surface area contributed by atoms with Gasteiger partial charge in [-0.05, 0) is 23.8 Å². The highest BCUT2D eigenvalue weighted by molar-refractivity contribution is 5.90. The van der Waals surface area contributed by atoms with Gasteiger partial charge >= 0.3 is 0 Å². The van der Waals surface area contributed by atoms with E-state index < -0.39 is 17.5 Å². The Labute approximate surface area is 171 Å². The minimum Gasteiger partial charge on any atom is -0.322 e. The van der Waals surface area contributed by atoms with Crippen molar-refractivity contribution in [2.45, 2.75) is 84.1 Å². The summed E-state index contributed by atoms with van der Waals surface area (Å²) in [5.74, 6) is -1.43. The van der Waals surface area contributed by atoms with Crippen LogP contribution in [0.1, 0.15) is 77.0 Å². The lowest BCUT2D eigenvalue weighted by atomic mass is 10.1. The predicted molar refractivity (Wildman–Crippen MR) is 108 cm³/mol. The van der Waals surface area contributed by atoms with Gasteiger partial charge in [-0.1, -0.05) is 64.7 Å². The fourth-order valence-electron chi connectivity index (χ4n) is 3.12. The zero-order valence-corrected chi connectivity index (χ0v) is 17.2. The van der Waals surface area contributed by atoms with Crippen LogP contribution >= 0.6 is 0 Å². The van der Waals surface area contributed by atoms with Gasteiger partial charge in [-0.25, -0.2) is 8.78 Å². The molecule has 0 aliphatic heterocycles. The number of carbonyl (C=O) groups excluding carboxylic acids is 1. The maximum atomic E-state index is 13.6. The van der Waals surface area contributed by atoms with Gasteiger partial charge in [-0.3, -0.25) is 4.79 Å². The number of hydrogen-bond acceptors (Lipinski definition) is 4. The maximum Gasteiger partial charge on any atom is 0.248 e. The van der Waals surface area contributed by atoms with Crippen molar-refractivity contribution in [2.75, 3.05) is 5.32 Å². The van der Waals surface area contributed by atoms with E-state index in [1.165, 1.54) is 62.2 Å². The summed E-state index contributed by atoms with van der Waals surface area (Å²) in [5, 5.41) is 14.4. The van der Waals surface area contributed by atoms with Crippen molar-refractivity contribution < 1.29 is 13.6 Å². The van der Waals surface area contributed by atoms with Crippen molar-refractivity contribution in [3.8, 4) is 0 Å². The van der Waals surface area contributed by atoms with Crippen LogP contribution in [0, 0.1) is 11.6 Å². The van der Waals surface area contributed by atoms with Crippen molar-refractivity contribution >= 4 is 11.6 Å². The van der Waals surface area contributed by atoms with Crippen LogP contribution in [-0.2, 0) is 17.8 Å². The second-order valence-corrected chi connectivity index (χ2v) is 7.34. The highest BCUT2D eigenvalue weighted by atomic mass is 19.1. The van der Waals surface area contributed by atoms with Crippen LogP contribution < -0.4 is 5.32 Å². The molecule has 6 nitrogen and oxygen atoms in total. The second-order valence-electron chi connectivity index (χ2n) is 7.34. The average Bonchev–Trinajstić information content (AvgIpc) is 3.12. The van der Waals surface area contributed by atoms with Crippen molar-refractivity contribution in [3.05, 3.63) is 35.7 Å². The van der Waals surface area contributed by atoms with E-state index in [9.17, 15) is 13.6 Å². The number of aromatic nitrogens is 4. The molecule has 0 saturated heterocycles. The van der Waals surface area contributed by atoms with Crippen LogP contribution in [0.5, 0.6) is 0 Å². The molecule has 2 aromatic rings. The minimum absolute atomic E-state index is 0.0814. The number of tetrazole rings is 1. The number of halogens is 2. The number of carbonyl (C=O) groups is 1. The Morgan fingerprint density at radius 3 is 2.31 bits per heavy atom. The number of aryl methyl sites for hydroxylation is 1. The van der Waals surface area contributed by atoms with E-state index in [2.05, 4.69) is 27.7 Å². The molecule has 0 radical (unpaired) electrons. The van der Waals surface area contributed by atoms with E-state index in [0.717, 1.165) is 25.3 Å². The Morgan fingerprint density at radius 2 is 1.66 bits per heavy atom. The number of hydrogen-bond donors (Lipinski definition) is 1. The highest BCUT2D eigenvalue weighted by Crippen LogP contribution is 2.15. The van der Waals surface area contributed by atoms with Gasteiger partial charge in [-0.2, -0.15) is 4.80 Å². The molecule has 160 valence electrons. The lowest BCUT2D eigenvalue weighted by molar-refractivity contribution is -0.117. The number of rotatable bonds is 14. The summed E-state index contributed by atoms with van der Waals surface area (Å²) < 4.78 is 26.5. The number of unbranched alkanes of at least 4 members (excludes halogenated alkanes) is 9. The van der Waals surface area contributed by atoms with Gasteiger partial charge in [0.2, 0.25) is 5.91 Å². The first-order valence-corrected chi connectivity index (χ1v) is 10.6.